The molecule has 0 bridgehead atoms. The molecular formula is C19H22N2O2. The molecule has 0 saturated carbocycles. The summed E-state index contributed by atoms with van der Waals surface area (Å²) in [4.78, 5) is 17.0. The predicted octanol–water partition coefficient (Wildman–Crippen LogP) is 2.90. The Balaban J connectivity index is 1.31. The van der Waals surface area contributed by atoms with Gasteiger partial charge in [0.25, 0.3) is 0 Å². The fraction of sp³-hybridized carbons (Fsp3) is 0.421. The zero-order chi connectivity index (χ0) is 15.7. The molecule has 0 unspecified atom stereocenters. The Morgan fingerprint density at radius 3 is 2.43 bits per heavy atom. The van der Waals surface area contributed by atoms with E-state index in [1.54, 1.807) is 6.26 Å². The smallest absolute Gasteiger partial charge is 0.231 e. The molecule has 0 aliphatic carbocycles. The molecule has 0 radical (unpaired) electrons. The third-order valence-corrected chi connectivity index (χ3v) is 5.22. The molecule has 1 aromatic heterocycles. The van der Waals surface area contributed by atoms with Crippen LogP contribution in [0.2, 0.25) is 0 Å². The molecule has 23 heavy (non-hydrogen) atoms. The van der Waals surface area contributed by atoms with E-state index in [1.807, 2.05) is 35.2 Å². The van der Waals surface area contributed by atoms with E-state index in [1.165, 1.54) is 5.56 Å². The Hall–Kier alpha value is -2.07. The topological polar surface area (TPSA) is 36.7 Å². The number of nitrogens with zero attached hydrogens (tertiary/aromatic N) is 2. The van der Waals surface area contributed by atoms with Crippen molar-refractivity contribution in [2.24, 2.45) is 5.41 Å². The number of piperidine rings is 1. The van der Waals surface area contributed by atoms with Crippen LogP contribution >= 0.6 is 0 Å². The third-order valence-electron chi connectivity index (χ3n) is 5.22. The molecule has 1 aromatic carbocycles. The van der Waals surface area contributed by atoms with Gasteiger partial charge in [-0.3, -0.25) is 9.69 Å². The minimum absolute atomic E-state index is 0.0888. The Labute approximate surface area is 136 Å². The normalized spacial score (nSPS) is 20.7. The van der Waals surface area contributed by atoms with E-state index in [9.17, 15) is 4.79 Å². The van der Waals surface area contributed by atoms with Gasteiger partial charge in [-0.05, 0) is 43.6 Å². The quantitative estimate of drug-likeness (QED) is 0.815. The van der Waals surface area contributed by atoms with Crippen molar-refractivity contribution in [3.63, 3.8) is 0 Å². The molecule has 120 valence electrons. The van der Waals surface area contributed by atoms with Crippen molar-refractivity contribution in [1.82, 2.24) is 9.80 Å². The van der Waals surface area contributed by atoms with Gasteiger partial charge in [-0.15, -0.1) is 0 Å². The molecule has 0 N–H and O–H groups in total. The lowest BCUT2D eigenvalue weighted by Crippen LogP contribution is -2.64. The lowest BCUT2D eigenvalue weighted by Gasteiger charge is -2.52. The first kappa shape index (κ1) is 14.5. The highest BCUT2D eigenvalue weighted by atomic mass is 16.3. The van der Waals surface area contributed by atoms with Gasteiger partial charge in [0.15, 0.2) is 0 Å². The zero-order valence-corrected chi connectivity index (χ0v) is 13.3. The number of carbonyl (C=O) groups is 1. The summed E-state index contributed by atoms with van der Waals surface area (Å²) >= 11 is 0. The van der Waals surface area contributed by atoms with Gasteiger partial charge >= 0.3 is 0 Å². The summed E-state index contributed by atoms with van der Waals surface area (Å²) in [7, 11) is 0. The van der Waals surface area contributed by atoms with E-state index < -0.39 is 0 Å². The second-order valence-corrected chi connectivity index (χ2v) is 6.78. The molecule has 4 rings (SSSR count). The number of likely N-dealkylation sites (tertiary alicyclic amines) is 2. The van der Waals surface area contributed by atoms with Crippen molar-refractivity contribution in [1.29, 1.82) is 0 Å². The molecular weight excluding hydrogens is 288 g/mol. The number of furan rings is 1. The van der Waals surface area contributed by atoms with Crippen LogP contribution in [0.3, 0.4) is 0 Å². The molecule has 3 heterocycles. The maximum absolute atomic E-state index is 12.7. The molecule has 1 spiro atoms. The van der Waals surface area contributed by atoms with Gasteiger partial charge in [0, 0.05) is 13.1 Å². The van der Waals surface area contributed by atoms with Gasteiger partial charge < -0.3 is 9.32 Å². The molecule has 4 heteroatoms. The van der Waals surface area contributed by atoms with Gasteiger partial charge in [0.05, 0.1) is 18.2 Å². The van der Waals surface area contributed by atoms with Crippen molar-refractivity contribution in [2.45, 2.75) is 25.9 Å². The summed E-state index contributed by atoms with van der Waals surface area (Å²) in [5, 5.41) is 0. The molecule has 2 aromatic rings. The highest BCUT2D eigenvalue weighted by Gasteiger charge is 2.52. The van der Waals surface area contributed by atoms with Gasteiger partial charge in [0.2, 0.25) is 5.91 Å². The van der Waals surface area contributed by atoms with Gasteiger partial charge in [0.1, 0.15) is 5.76 Å². The monoisotopic (exact) mass is 310 g/mol. The zero-order valence-electron chi connectivity index (χ0n) is 13.3. The first-order chi connectivity index (χ1) is 11.3. The van der Waals surface area contributed by atoms with Gasteiger partial charge in [-0.2, -0.15) is 0 Å². The van der Waals surface area contributed by atoms with Crippen molar-refractivity contribution in [2.75, 3.05) is 19.6 Å². The average molecular weight is 310 g/mol. The number of hydrogen-bond donors (Lipinski definition) is 0. The van der Waals surface area contributed by atoms with E-state index in [4.69, 9.17) is 4.42 Å². The van der Waals surface area contributed by atoms with Crippen LogP contribution in [-0.2, 0) is 17.9 Å². The van der Waals surface area contributed by atoms with E-state index in [2.05, 4.69) is 17.0 Å². The Bertz CT molecular complexity index is 658. The van der Waals surface area contributed by atoms with Crippen LogP contribution in [-0.4, -0.2) is 35.3 Å². The molecule has 2 saturated heterocycles. The van der Waals surface area contributed by atoms with Crippen LogP contribution in [0.5, 0.6) is 0 Å². The number of benzene rings is 1. The third kappa shape index (κ3) is 2.79. The van der Waals surface area contributed by atoms with Crippen LogP contribution < -0.4 is 0 Å². The molecule has 1 amide bonds. The van der Waals surface area contributed by atoms with E-state index in [0.717, 1.165) is 51.3 Å². The van der Waals surface area contributed by atoms with E-state index >= 15 is 0 Å². The van der Waals surface area contributed by atoms with Crippen molar-refractivity contribution in [3.05, 3.63) is 60.1 Å². The van der Waals surface area contributed by atoms with Crippen LogP contribution in [0.25, 0.3) is 0 Å². The Morgan fingerprint density at radius 1 is 1.00 bits per heavy atom. The SMILES string of the molecule is O=C1N(Cc2ccccc2)CC12CCN(Cc1ccco1)CC2. The maximum atomic E-state index is 12.7. The standard InChI is InChI=1S/C19H22N2O2/c22-18-19(15-21(18)13-16-5-2-1-3-6-16)8-10-20(11-9-19)14-17-7-4-12-23-17/h1-7,12H,8-11,13-15H2. The number of amides is 1. The second-order valence-electron chi connectivity index (χ2n) is 6.78. The van der Waals surface area contributed by atoms with Crippen molar-refractivity contribution >= 4 is 5.91 Å². The highest BCUT2D eigenvalue weighted by molar-refractivity contribution is 5.88. The summed E-state index contributed by atoms with van der Waals surface area (Å²) in [6.07, 6.45) is 3.66. The number of hydrogen-bond acceptors (Lipinski definition) is 3. The molecule has 0 atom stereocenters. The molecule has 4 nitrogen and oxygen atoms in total. The summed E-state index contributed by atoms with van der Waals surface area (Å²) in [6, 6.07) is 14.2. The van der Waals surface area contributed by atoms with Crippen LogP contribution in [0.1, 0.15) is 24.2 Å². The summed E-state index contributed by atoms with van der Waals surface area (Å²) < 4.78 is 5.42. The largest absolute Gasteiger partial charge is 0.468 e. The fourth-order valence-corrected chi connectivity index (χ4v) is 3.81. The summed E-state index contributed by atoms with van der Waals surface area (Å²) in [5.74, 6) is 1.35. The van der Waals surface area contributed by atoms with Crippen molar-refractivity contribution in [3.8, 4) is 0 Å². The van der Waals surface area contributed by atoms with Gasteiger partial charge in [-0.1, -0.05) is 30.3 Å². The Kier molecular flexibility index (Phi) is 3.69. The second kappa shape index (κ2) is 5.85. The average Bonchev–Trinajstić information content (AvgIpc) is 3.10. The molecule has 2 fully saturated rings. The fourth-order valence-electron chi connectivity index (χ4n) is 3.81. The lowest BCUT2D eigenvalue weighted by atomic mass is 9.71. The van der Waals surface area contributed by atoms with Crippen LogP contribution in [0.4, 0.5) is 0 Å². The number of β-lactam (4-membered cyclic amide) rings is 1. The minimum Gasteiger partial charge on any atom is -0.468 e. The maximum Gasteiger partial charge on any atom is 0.231 e. The van der Waals surface area contributed by atoms with E-state index in [-0.39, 0.29) is 5.41 Å². The molecule has 2 aliphatic heterocycles. The van der Waals surface area contributed by atoms with Crippen LogP contribution in [0.15, 0.2) is 53.1 Å². The summed E-state index contributed by atoms with van der Waals surface area (Å²) in [6.45, 7) is 4.47. The molecule has 2 aliphatic rings. The number of carbonyl (C=O) groups excluding carboxylic acids is 1. The highest BCUT2D eigenvalue weighted by Crippen LogP contribution is 2.42. The van der Waals surface area contributed by atoms with Crippen molar-refractivity contribution < 1.29 is 9.21 Å². The lowest BCUT2D eigenvalue weighted by molar-refractivity contribution is -0.166. The summed E-state index contributed by atoms with van der Waals surface area (Å²) in [5.41, 5.74) is 1.13. The van der Waals surface area contributed by atoms with Crippen LogP contribution in [0, 0.1) is 5.41 Å². The number of rotatable bonds is 4. The van der Waals surface area contributed by atoms with Gasteiger partial charge in [-0.25, -0.2) is 0 Å². The van der Waals surface area contributed by atoms with E-state index in [0.29, 0.717) is 5.91 Å². The minimum atomic E-state index is -0.0888. The Morgan fingerprint density at radius 2 is 1.78 bits per heavy atom. The first-order valence-electron chi connectivity index (χ1n) is 8.33. The first-order valence-corrected chi connectivity index (χ1v) is 8.33. The predicted molar refractivity (Wildman–Crippen MR) is 87.5 cm³/mol.